The summed E-state index contributed by atoms with van der Waals surface area (Å²) in [7, 11) is 0. The molecule has 1 amide bonds. The molecule has 2 saturated heterocycles. The SMILES string of the molecule is CC1C2C(C[C@H]3[C@@H]4CC[C@H]5C[C@H](NC(=O)C(O)(O)C(F)(F)F)CC[C@]5(C)C4=CC[C@]23C)O[C@]12CC[C@@H](C)CO2. The van der Waals surface area contributed by atoms with Crippen LogP contribution in [0.3, 0.4) is 0 Å². The van der Waals surface area contributed by atoms with E-state index in [2.05, 4.69) is 39.1 Å². The number of ether oxygens (including phenoxy) is 2. The minimum Gasteiger partial charge on any atom is -0.351 e. The van der Waals surface area contributed by atoms with Crippen molar-refractivity contribution in [3.05, 3.63) is 11.6 Å². The third-order valence-corrected chi connectivity index (χ3v) is 12.3. The minimum atomic E-state index is -5.44. The van der Waals surface area contributed by atoms with Gasteiger partial charge in [-0.1, -0.05) is 39.3 Å². The van der Waals surface area contributed by atoms with Crippen molar-refractivity contribution >= 4 is 5.91 Å². The summed E-state index contributed by atoms with van der Waals surface area (Å²) in [5.74, 6) is -3.93. The van der Waals surface area contributed by atoms with Crippen LogP contribution in [0.1, 0.15) is 85.5 Å². The number of aliphatic hydroxyl groups is 2. The Bertz CT molecular complexity index is 1040. The summed E-state index contributed by atoms with van der Waals surface area (Å²) in [6, 6.07) is -0.503. The molecule has 0 radical (unpaired) electrons. The normalized spacial score (nSPS) is 49.5. The molecule has 5 fully saturated rings. The Morgan fingerprint density at radius 1 is 1.08 bits per heavy atom. The molecule has 3 N–H and O–H groups in total. The summed E-state index contributed by atoms with van der Waals surface area (Å²) in [4.78, 5) is 12.1. The Morgan fingerprint density at radius 2 is 1.82 bits per heavy atom. The molecule has 220 valence electrons. The number of fused-ring (bicyclic) bond motifs is 7. The molecule has 9 heteroatoms. The third kappa shape index (κ3) is 3.99. The fourth-order valence-corrected chi connectivity index (χ4v) is 10.1. The quantitative estimate of drug-likeness (QED) is 0.327. The van der Waals surface area contributed by atoms with Crippen molar-refractivity contribution in [2.24, 2.45) is 46.3 Å². The number of allylic oxidation sites excluding steroid dienone is 2. The summed E-state index contributed by atoms with van der Waals surface area (Å²) in [6.45, 7) is 10.1. The molecule has 3 saturated carbocycles. The Morgan fingerprint density at radius 3 is 2.49 bits per heavy atom. The Kier molecular flexibility index (Phi) is 6.40. The van der Waals surface area contributed by atoms with Crippen molar-refractivity contribution in [3.8, 4) is 0 Å². The molecule has 0 aromatic rings. The highest BCUT2D eigenvalue weighted by atomic mass is 19.4. The molecule has 6 rings (SSSR count). The van der Waals surface area contributed by atoms with E-state index in [-0.39, 0.29) is 22.9 Å². The predicted octanol–water partition coefficient (Wildman–Crippen LogP) is 5.08. The van der Waals surface area contributed by atoms with Crippen LogP contribution in [0.4, 0.5) is 13.2 Å². The van der Waals surface area contributed by atoms with Crippen molar-refractivity contribution in [1.29, 1.82) is 0 Å². The summed E-state index contributed by atoms with van der Waals surface area (Å²) in [5.41, 5.74) is 1.61. The number of halogens is 3. The summed E-state index contributed by atoms with van der Waals surface area (Å²) in [6.07, 6.45) is 5.27. The van der Waals surface area contributed by atoms with Crippen LogP contribution in [0.5, 0.6) is 0 Å². The van der Waals surface area contributed by atoms with Gasteiger partial charge in [-0.2, -0.15) is 13.2 Å². The highest BCUT2D eigenvalue weighted by Gasteiger charge is 2.68. The van der Waals surface area contributed by atoms with Crippen molar-refractivity contribution in [1.82, 2.24) is 5.32 Å². The van der Waals surface area contributed by atoms with Gasteiger partial charge in [0.2, 0.25) is 0 Å². The Hall–Kier alpha value is -1.16. The second-order valence-electron chi connectivity index (χ2n) is 14.4. The van der Waals surface area contributed by atoms with Crippen LogP contribution in [0.15, 0.2) is 11.6 Å². The number of carbonyl (C=O) groups is 1. The number of nitrogens with one attached hydrogen (secondary N) is 1. The first-order valence-electron chi connectivity index (χ1n) is 15.0. The zero-order valence-corrected chi connectivity index (χ0v) is 23.5. The first kappa shape index (κ1) is 28.0. The lowest BCUT2D eigenvalue weighted by molar-refractivity contribution is -0.329. The van der Waals surface area contributed by atoms with Gasteiger partial charge in [-0.25, -0.2) is 0 Å². The maximum atomic E-state index is 12.9. The van der Waals surface area contributed by atoms with Crippen molar-refractivity contribution in [2.45, 2.75) is 115 Å². The molecule has 6 nitrogen and oxygen atoms in total. The van der Waals surface area contributed by atoms with Gasteiger partial charge in [0.05, 0.1) is 12.7 Å². The van der Waals surface area contributed by atoms with E-state index in [9.17, 15) is 28.2 Å². The van der Waals surface area contributed by atoms with Gasteiger partial charge in [-0.3, -0.25) is 4.79 Å². The van der Waals surface area contributed by atoms with Gasteiger partial charge >= 0.3 is 12.0 Å². The topological polar surface area (TPSA) is 88.0 Å². The molecular formula is C30H44F3NO5. The number of carbonyl (C=O) groups excluding carboxylic acids is 1. The van der Waals surface area contributed by atoms with E-state index >= 15 is 0 Å². The summed E-state index contributed by atoms with van der Waals surface area (Å²) >= 11 is 0. The molecule has 6 aliphatic rings. The standard InChI is InChI=1S/C30H44F3NO5/c1-16-7-12-28(38-15-16)17(2)24-23(39-28)14-22-20-6-5-18-13-19(34-25(35)29(36,37)30(31,32)33)8-10-26(18,3)21(20)9-11-27(22,24)4/h9,16-20,22-24,36-37H,5-8,10-15H2,1-4H3,(H,34,35)/t16-,17?,18+,19-,20-,22+,23?,24?,26+,27+,28-/m1/s1. The minimum absolute atomic E-state index is 0.0565. The molecule has 0 aromatic carbocycles. The fourth-order valence-electron chi connectivity index (χ4n) is 10.1. The molecule has 0 bridgehead atoms. The summed E-state index contributed by atoms with van der Waals surface area (Å²) in [5, 5.41) is 21.0. The molecule has 0 aromatic heterocycles. The number of amides is 1. The highest BCUT2D eigenvalue weighted by molar-refractivity contribution is 5.84. The largest absolute Gasteiger partial charge is 0.453 e. The van der Waals surface area contributed by atoms with E-state index in [1.54, 1.807) is 0 Å². The van der Waals surface area contributed by atoms with E-state index in [4.69, 9.17) is 9.47 Å². The van der Waals surface area contributed by atoms with Crippen LogP contribution < -0.4 is 5.32 Å². The van der Waals surface area contributed by atoms with E-state index < -0.39 is 29.7 Å². The second-order valence-corrected chi connectivity index (χ2v) is 14.4. The van der Waals surface area contributed by atoms with E-state index in [0.29, 0.717) is 42.4 Å². The van der Waals surface area contributed by atoms with Gasteiger partial charge in [0.1, 0.15) is 0 Å². The maximum Gasteiger partial charge on any atom is 0.453 e. The van der Waals surface area contributed by atoms with Crippen LogP contribution in [0.2, 0.25) is 0 Å². The average molecular weight is 556 g/mol. The fraction of sp³-hybridized carbons (Fsp3) is 0.900. The first-order valence-corrected chi connectivity index (χ1v) is 15.0. The number of hydrogen-bond donors (Lipinski definition) is 3. The van der Waals surface area contributed by atoms with E-state index in [1.165, 1.54) is 5.57 Å². The molecule has 3 unspecified atom stereocenters. The number of alkyl halides is 3. The summed E-state index contributed by atoms with van der Waals surface area (Å²) < 4.78 is 52.1. The van der Waals surface area contributed by atoms with Crippen molar-refractivity contribution < 1.29 is 37.7 Å². The Balaban J connectivity index is 1.17. The number of hydrogen-bond acceptors (Lipinski definition) is 5. The van der Waals surface area contributed by atoms with Crippen LogP contribution >= 0.6 is 0 Å². The number of rotatable bonds is 2. The van der Waals surface area contributed by atoms with Gasteiger partial charge in [-0.05, 0) is 91.8 Å². The Labute approximate surface area is 229 Å². The molecule has 4 aliphatic carbocycles. The van der Waals surface area contributed by atoms with Crippen LogP contribution in [-0.2, 0) is 14.3 Å². The zero-order valence-electron chi connectivity index (χ0n) is 23.5. The van der Waals surface area contributed by atoms with Crippen molar-refractivity contribution in [2.75, 3.05) is 6.61 Å². The lowest BCUT2D eigenvalue weighted by Gasteiger charge is -2.57. The van der Waals surface area contributed by atoms with Crippen LogP contribution in [-0.4, -0.2) is 52.6 Å². The monoisotopic (exact) mass is 555 g/mol. The molecular weight excluding hydrogens is 511 g/mol. The molecule has 2 aliphatic heterocycles. The molecule has 1 spiro atoms. The maximum absolute atomic E-state index is 12.9. The molecule has 39 heavy (non-hydrogen) atoms. The van der Waals surface area contributed by atoms with Crippen molar-refractivity contribution in [3.63, 3.8) is 0 Å². The van der Waals surface area contributed by atoms with Gasteiger partial charge in [-0.15, -0.1) is 0 Å². The third-order valence-electron chi connectivity index (χ3n) is 12.3. The average Bonchev–Trinajstić information content (AvgIpc) is 3.30. The second kappa shape index (κ2) is 8.92. The molecule has 11 atom stereocenters. The van der Waals surface area contributed by atoms with Gasteiger partial charge in [0, 0.05) is 18.4 Å². The lowest BCUT2D eigenvalue weighted by Crippen LogP contribution is -2.60. The smallest absolute Gasteiger partial charge is 0.351 e. The predicted molar refractivity (Wildman–Crippen MR) is 137 cm³/mol. The zero-order chi connectivity index (χ0) is 28.2. The van der Waals surface area contributed by atoms with Crippen LogP contribution in [0, 0.1) is 46.3 Å². The lowest BCUT2D eigenvalue weighted by atomic mass is 9.48. The molecule has 2 heterocycles. The first-order chi connectivity index (χ1) is 18.1. The van der Waals surface area contributed by atoms with Gasteiger partial charge < -0.3 is 25.0 Å². The van der Waals surface area contributed by atoms with E-state index in [1.807, 2.05) is 0 Å². The highest BCUT2D eigenvalue weighted by Crippen LogP contribution is 2.69. The van der Waals surface area contributed by atoms with E-state index in [0.717, 1.165) is 51.6 Å². The van der Waals surface area contributed by atoms with Gasteiger partial charge in [0.25, 0.3) is 5.91 Å². The van der Waals surface area contributed by atoms with Crippen LogP contribution in [0.25, 0.3) is 0 Å². The van der Waals surface area contributed by atoms with Gasteiger partial charge in [0.15, 0.2) is 5.79 Å².